The van der Waals surface area contributed by atoms with E-state index in [2.05, 4.69) is 5.32 Å². The van der Waals surface area contributed by atoms with Crippen molar-refractivity contribution in [2.75, 3.05) is 27.4 Å². The lowest BCUT2D eigenvalue weighted by Gasteiger charge is -2.29. The minimum absolute atomic E-state index is 0.176. The number of hydrogen-bond acceptors (Lipinski definition) is 5. The summed E-state index contributed by atoms with van der Waals surface area (Å²) >= 11 is 0. The van der Waals surface area contributed by atoms with Crippen LogP contribution in [-0.4, -0.2) is 50.1 Å². The summed E-state index contributed by atoms with van der Waals surface area (Å²) in [7, 11) is 3.19. The van der Waals surface area contributed by atoms with Gasteiger partial charge in [-0.25, -0.2) is 0 Å². The Kier molecular flexibility index (Phi) is 9.18. The third-order valence-corrected chi connectivity index (χ3v) is 4.79. The van der Waals surface area contributed by atoms with E-state index in [1.807, 2.05) is 38.1 Å². The summed E-state index contributed by atoms with van der Waals surface area (Å²) in [6.07, 6.45) is 0. The smallest absolute Gasteiger partial charge is 0.261 e. The van der Waals surface area contributed by atoms with Crippen molar-refractivity contribution in [2.45, 2.75) is 33.4 Å². The van der Waals surface area contributed by atoms with Crippen LogP contribution in [0.5, 0.6) is 17.2 Å². The van der Waals surface area contributed by atoms with Crippen LogP contribution in [0.15, 0.2) is 48.5 Å². The Hall–Kier alpha value is -3.22. The molecule has 2 aromatic carbocycles. The molecule has 0 fully saturated rings. The molecule has 2 amide bonds. The molecule has 0 aliphatic rings. The topological polar surface area (TPSA) is 77.1 Å². The average Bonchev–Trinajstić information content (AvgIpc) is 2.79. The van der Waals surface area contributed by atoms with Crippen molar-refractivity contribution in [2.24, 2.45) is 5.92 Å². The summed E-state index contributed by atoms with van der Waals surface area (Å²) in [5, 5.41) is 2.90. The highest BCUT2D eigenvalue weighted by molar-refractivity contribution is 5.87. The molecule has 1 unspecified atom stereocenters. The Morgan fingerprint density at radius 2 is 1.39 bits per heavy atom. The number of carbonyl (C=O) groups is 2. The van der Waals surface area contributed by atoms with Crippen LogP contribution in [0.1, 0.15) is 26.3 Å². The van der Waals surface area contributed by atoms with Gasteiger partial charge in [0.2, 0.25) is 5.91 Å². The Bertz CT molecular complexity index is 834. The Morgan fingerprint density at radius 1 is 0.871 bits per heavy atom. The number of nitrogens with zero attached hydrogens (tertiary/aromatic N) is 1. The van der Waals surface area contributed by atoms with Gasteiger partial charge < -0.3 is 24.4 Å². The van der Waals surface area contributed by atoms with Crippen molar-refractivity contribution in [1.29, 1.82) is 0 Å². The third-order valence-electron chi connectivity index (χ3n) is 4.79. The second-order valence-corrected chi connectivity index (χ2v) is 7.65. The van der Waals surface area contributed by atoms with Crippen LogP contribution >= 0.6 is 0 Å². The van der Waals surface area contributed by atoms with Crippen LogP contribution in [0.3, 0.4) is 0 Å². The van der Waals surface area contributed by atoms with Crippen molar-refractivity contribution in [3.63, 3.8) is 0 Å². The van der Waals surface area contributed by atoms with Gasteiger partial charge in [0.1, 0.15) is 23.3 Å². The summed E-state index contributed by atoms with van der Waals surface area (Å²) < 4.78 is 16.0. The first-order chi connectivity index (χ1) is 14.8. The highest BCUT2D eigenvalue weighted by atomic mass is 16.5. The zero-order valence-corrected chi connectivity index (χ0v) is 18.9. The number of benzene rings is 2. The number of hydrogen-bond donors (Lipinski definition) is 1. The summed E-state index contributed by atoms with van der Waals surface area (Å²) in [4.78, 5) is 27.2. The summed E-state index contributed by atoms with van der Waals surface area (Å²) in [6, 6.07) is 13.8. The highest BCUT2D eigenvalue weighted by Crippen LogP contribution is 2.18. The quantitative estimate of drug-likeness (QED) is 0.594. The van der Waals surface area contributed by atoms with Crippen molar-refractivity contribution in [1.82, 2.24) is 10.2 Å². The Labute approximate surface area is 184 Å². The van der Waals surface area contributed by atoms with E-state index in [0.717, 1.165) is 11.3 Å². The zero-order chi connectivity index (χ0) is 22.8. The van der Waals surface area contributed by atoms with Crippen LogP contribution in [0, 0.1) is 5.92 Å². The number of amides is 2. The number of ether oxygens (including phenoxy) is 3. The van der Waals surface area contributed by atoms with Gasteiger partial charge in [0.15, 0.2) is 6.61 Å². The number of nitrogens with one attached hydrogen (secondary N) is 1. The molecule has 0 aliphatic heterocycles. The van der Waals surface area contributed by atoms with Gasteiger partial charge in [-0.05, 0) is 54.8 Å². The van der Waals surface area contributed by atoms with E-state index < -0.39 is 6.04 Å². The van der Waals surface area contributed by atoms with Crippen molar-refractivity contribution in [3.05, 3.63) is 54.1 Å². The summed E-state index contributed by atoms with van der Waals surface area (Å²) in [5.74, 6) is 1.83. The predicted molar refractivity (Wildman–Crippen MR) is 119 cm³/mol. The lowest BCUT2D eigenvalue weighted by atomic mass is 10.1. The molecule has 31 heavy (non-hydrogen) atoms. The molecule has 1 N–H and O–H groups in total. The molecule has 0 aromatic heterocycles. The zero-order valence-electron chi connectivity index (χ0n) is 18.9. The number of methoxy groups -OCH3 is 2. The second-order valence-electron chi connectivity index (χ2n) is 7.65. The fourth-order valence-corrected chi connectivity index (χ4v) is 2.86. The van der Waals surface area contributed by atoms with Crippen molar-refractivity contribution >= 4 is 11.8 Å². The summed E-state index contributed by atoms with van der Waals surface area (Å²) in [6.45, 7) is 6.43. The maximum atomic E-state index is 13.0. The minimum Gasteiger partial charge on any atom is -0.497 e. The SMILES string of the molecule is COc1ccc(CN(C(=O)COc2ccc(OC)cc2)C(C)C(=O)NCC(C)C)cc1. The molecule has 7 nitrogen and oxygen atoms in total. The molecule has 168 valence electrons. The van der Waals surface area contributed by atoms with Gasteiger partial charge >= 0.3 is 0 Å². The van der Waals surface area contributed by atoms with E-state index in [1.54, 1.807) is 45.4 Å². The van der Waals surface area contributed by atoms with Gasteiger partial charge in [-0.3, -0.25) is 9.59 Å². The Morgan fingerprint density at radius 3 is 1.90 bits per heavy atom. The maximum absolute atomic E-state index is 13.0. The average molecular weight is 429 g/mol. The van der Waals surface area contributed by atoms with Gasteiger partial charge in [-0.15, -0.1) is 0 Å². The normalized spacial score (nSPS) is 11.5. The van der Waals surface area contributed by atoms with Gasteiger partial charge in [0.25, 0.3) is 5.91 Å². The largest absolute Gasteiger partial charge is 0.497 e. The first-order valence-corrected chi connectivity index (χ1v) is 10.3. The molecule has 0 heterocycles. The molecule has 7 heteroatoms. The molecule has 0 bridgehead atoms. The van der Waals surface area contributed by atoms with Crippen molar-refractivity contribution in [3.8, 4) is 17.2 Å². The van der Waals surface area contributed by atoms with E-state index in [9.17, 15) is 9.59 Å². The molecule has 0 aliphatic carbocycles. The van der Waals surface area contributed by atoms with E-state index in [1.165, 1.54) is 4.90 Å². The molecule has 0 spiro atoms. The van der Waals surface area contributed by atoms with E-state index in [4.69, 9.17) is 14.2 Å². The molecule has 2 rings (SSSR count). The van der Waals surface area contributed by atoms with Crippen LogP contribution in [-0.2, 0) is 16.1 Å². The van der Waals surface area contributed by atoms with E-state index in [0.29, 0.717) is 24.0 Å². The molecular weight excluding hydrogens is 396 g/mol. The monoisotopic (exact) mass is 428 g/mol. The van der Waals surface area contributed by atoms with Gasteiger partial charge in [-0.1, -0.05) is 26.0 Å². The number of carbonyl (C=O) groups excluding carboxylic acids is 2. The molecular formula is C24H32N2O5. The lowest BCUT2D eigenvalue weighted by molar-refractivity contribution is -0.142. The van der Waals surface area contributed by atoms with Gasteiger partial charge in [0, 0.05) is 13.1 Å². The fraction of sp³-hybridized carbons (Fsp3) is 0.417. The Balaban J connectivity index is 2.11. The first-order valence-electron chi connectivity index (χ1n) is 10.3. The van der Waals surface area contributed by atoms with Crippen LogP contribution in [0.4, 0.5) is 0 Å². The van der Waals surface area contributed by atoms with Crippen LogP contribution < -0.4 is 19.5 Å². The third kappa shape index (κ3) is 7.51. The van der Waals surface area contributed by atoms with Crippen molar-refractivity contribution < 1.29 is 23.8 Å². The molecule has 0 radical (unpaired) electrons. The number of rotatable bonds is 11. The maximum Gasteiger partial charge on any atom is 0.261 e. The molecule has 2 aromatic rings. The second kappa shape index (κ2) is 11.8. The van der Waals surface area contributed by atoms with Gasteiger partial charge in [-0.2, -0.15) is 0 Å². The van der Waals surface area contributed by atoms with Crippen LogP contribution in [0.2, 0.25) is 0 Å². The standard InChI is InChI=1S/C24H32N2O5/c1-17(2)14-25-24(28)18(3)26(15-19-6-8-20(29-4)9-7-19)23(27)16-31-22-12-10-21(30-5)11-13-22/h6-13,17-18H,14-16H2,1-5H3,(H,25,28). The first kappa shape index (κ1) is 24.1. The molecule has 1 atom stereocenters. The minimum atomic E-state index is -0.646. The van der Waals surface area contributed by atoms with Crippen LogP contribution in [0.25, 0.3) is 0 Å². The predicted octanol–water partition coefficient (Wildman–Crippen LogP) is 3.27. The highest BCUT2D eigenvalue weighted by Gasteiger charge is 2.26. The fourth-order valence-electron chi connectivity index (χ4n) is 2.86. The van der Waals surface area contributed by atoms with E-state index in [-0.39, 0.29) is 25.0 Å². The van der Waals surface area contributed by atoms with E-state index >= 15 is 0 Å². The van der Waals surface area contributed by atoms with Gasteiger partial charge in [0.05, 0.1) is 14.2 Å². The summed E-state index contributed by atoms with van der Waals surface area (Å²) in [5.41, 5.74) is 0.891. The molecule has 0 saturated heterocycles. The molecule has 0 saturated carbocycles. The lowest BCUT2D eigenvalue weighted by Crippen LogP contribution is -2.49.